The van der Waals surface area contributed by atoms with Gasteiger partial charge in [-0.2, -0.15) is 0 Å². The van der Waals surface area contributed by atoms with Crippen molar-refractivity contribution in [2.45, 2.75) is 37.8 Å². The van der Waals surface area contributed by atoms with Gasteiger partial charge in [-0.25, -0.2) is 0 Å². The van der Waals surface area contributed by atoms with Gasteiger partial charge < -0.3 is 15.2 Å². The van der Waals surface area contributed by atoms with E-state index in [1.807, 2.05) is 0 Å². The van der Waals surface area contributed by atoms with E-state index in [1.54, 1.807) is 0 Å². The summed E-state index contributed by atoms with van der Waals surface area (Å²) in [5, 5.41) is 0. The average molecular weight is 183 g/mol. The van der Waals surface area contributed by atoms with Gasteiger partial charge in [-0.15, -0.1) is 0 Å². The minimum absolute atomic E-state index is 0.0469. The fourth-order valence-electron chi connectivity index (χ4n) is 1.92. The molecule has 1 fully saturated rings. The van der Waals surface area contributed by atoms with Crippen LogP contribution < -0.4 is 5.73 Å². The Morgan fingerprint density at radius 1 is 1.54 bits per heavy atom. The zero-order chi connectivity index (χ0) is 9.10. The molecule has 2 unspecified atom stereocenters. The number of hydrogen-bond donors (Lipinski definition) is 1. The molecular formula is C10H17NO2. The number of hydrogen-bond acceptors (Lipinski definition) is 3. The monoisotopic (exact) mass is 183 g/mol. The molecule has 0 aromatic rings. The van der Waals surface area contributed by atoms with Crippen LogP contribution in [-0.2, 0) is 9.47 Å². The van der Waals surface area contributed by atoms with E-state index in [0.29, 0.717) is 6.10 Å². The minimum Gasteiger partial charge on any atom is -0.496 e. The van der Waals surface area contributed by atoms with Crippen LogP contribution in [0, 0.1) is 0 Å². The minimum atomic E-state index is 0.0469. The highest BCUT2D eigenvalue weighted by Crippen LogP contribution is 2.21. The Morgan fingerprint density at radius 3 is 3.08 bits per heavy atom. The SMILES string of the molecule is NC(CC1CCCO1)C1=CCCO1. The van der Waals surface area contributed by atoms with Gasteiger partial charge >= 0.3 is 0 Å². The molecule has 0 spiro atoms. The van der Waals surface area contributed by atoms with Gasteiger partial charge in [-0.1, -0.05) is 0 Å². The van der Waals surface area contributed by atoms with Crippen LogP contribution in [-0.4, -0.2) is 25.4 Å². The quantitative estimate of drug-likeness (QED) is 0.714. The maximum absolute atomic E-state index is 5.99. The first kappa shape index (κ1) is 9.03. The first-order chi connectivity index (χ1) is 6.36. The van der Waals surface area contributed by atoms with E-state index in [4.69, 9.17) is 15.2 Å². The van der Waals surface area contributed by atoms with Crippen LogP contribution in [0.15, 0.2) is 11.8 Å². The van der Waals surface area contributed by atoms with Crippen molar-refractivity contribution in [2.75, 3.05) is 13.2 Å². The molecule has 2 aliphatic heterocycles. The topological polar surface area (TPSA) is 44.5 Å². The Balaban J connectivity index is 1.79. The third kappa shape index (κ3) is 2.23. The first-order valence-electron chi connectivity index (χ1n) is 5.06. The molecule has 0 aromatic carbocycles. The predicted molar refractivity (Wildman–Crippen MR) is 50.2 cm³/mol. The third-order valence-electron chi connectivity index (χ3n) is 2.64. The van der Waals surface area contributed by atoms with Gasteiger partial charge in [0.1, 0.15) is 5.76 Å². The molecule has 2 N–H and O–H groups in total. The highest BCUT2D eigenvalue weighted by molar-refractivity contribution is 5.06. The van der Waals surface area contributed by atoms with E-state index in [-0.39, 0.29) is 6.04 Å². The van der Waals surface area contributed by atoms with Crippen molar-refractivity contribution in [2.24, 2.45) is 5.73 Å². The highest BCUT2D eigenvalue weighted by atomic mass is 16.5. The molecule has 3 heteroatoms. The fourth-order valence-corrected chi connectivity index (χ4v) is 1.92. The lowest BCUT2D eigenvalue weighted by atomic mass is 10.1. The maximum Gasteiger partial charge on any atom is 0.109 e. The van der Waals surface area contributed by atoms with Crippen LogP contribution in [0.2, 0.25) is 0 Å². The average Bonchev–Trinajstić information content (AvgIpc) is 2.74. The van der Waals surface area contributed by atoms with Crippen molar-refractivity contribution in [3.63, 3.8) is 0 Å². The smallest absolute Gasteiger partial charge is 0.109 e. The Labute approximate surface area is 78.9 Å². The van der Waals surface area contributed by atoms with Gasteiger partial charge in [0, 0.05) is 13.0 Å². The second-order valence-electron chi connectivity index (χ2n) is 3.72. The zero-order valence-corrected chi connectivity index (χ0v) is 7.87. The largest absolute Gasteiger partial charge is 0.496 e. The molecule has 2 heterocycles. The molecule has 0 aliphatic carbocycles. The molecule has 3 nitrogen and oxygen atoms in total. The van der Waals surface area contributed by atoms with Gasteiger partial charge in [-0.05, 0) is 25.3 Å². The summed E-state index contributed by atoms with van der Waals surface area (Å²) in [7, 11) is 0. The summed E-state index contributed by atoms with van der Waals surface area (Å²) in [4.78, 5) is 0. The molecule has 0 bridgehead atoms. The third-order valence-corrected chi connectivity index (χ3v) is 2.64. The van der Waals surface area contributed by atoms with E-state index < -0.39 is 0 Å². The number of nitrogens with two attached hydrogens (primary N) is 1. The summed E-state index contributed by atoms with van der Waals surface area (Å²) in [6, 6.07) is 0.0469. The van der Waals surface area contributed by atoms with Gasteiger partial charge in [0.15, 0.2) is 0 Å². The summed E-state index contributed by atoms with van der Waals surface area (Å²) in [6.07, 6.45) is 6.71. The summed E-state index contributed by atoms with van der Waals surface area (Å²) >= 11 is 0. The molecule has 1 saturated heterocycles. The Hall–Kier alpha value is -0.540. The maximum atomic E-state index is 5.99. The number of ether oxygens (including phenoxy) is 2. The molecule has 2 atom stereocenters. The van der Waals surface area contributed by atoms with Crippen LogP contribution in [0.5, 0.6) is 0 Å². The van der Waals surface area contributed by atoms with Crippen molar-refractivity contribution < 1.29 is 9.47 Å². The van der Waals surface area contributed by atoms with Crippen LogP contribution in [0.1, 0.15) is 25.7 Å². The fraction of sp³-hybridized carbons (Fsp3) is 0.800. The summed E-state index contributed by atoms with van der Waals surface area (Å²) in [6.45, 7) is 1.70. The predicted octanol–water partition coefficient (Wildman–Crippen LogP) is 1.19. The summed E-state index contributed by atoms with van der Waals surface area (Å²) < 4.78 is 10.9. The van der Waals surface area contributed by atoms with Crippen molar-refractivity contribution in [1.29, 1.82) is 0 Å². The zero-order valence-electron chi connectivity index (χ0n) is 7.87. The van der Waals surface area contributed by atoms with E-state index in [0.717, 1.165) is 38.2 Å². The van der Waals surface area contributed by atoms with E-state index in [2.05, 4.69) is 6.08 Å². The van der Waals surface area contributed by atoms with E-state index in [1.165, 1.54) is 6.42 Å². The lowest BCUT2D eigenvalue weighted by Crippen LogP contribution is -2.28. The summed E-state index contributed by atoms with van der Waals surface area (Å²) in [5.41, 5.74) is 5.99. The van der Waals surface area contributed by atoms with Crippen LogP contribution in [0.3, 0.4) is 0 Å². The van der Waals surface area contributed by atoms with Crippen molar-refractivity contribution in [3.05, 3.63) is 11.8 Å². The molecular weight excluding hydrogens is 166 g/mol. The van der Waals surface area contributed by atoms with E-state index in [9.17, 15) is 0 Å². The van der Waals surface area contributed by atoms with Gasteiger partial charge in [0.05, 0.1) is 18.8 Å². The lowest BCUT2D eigenvalue weighted by molar-refractivity contribution is 0.0943. The van der Waals surface area contributed by atoms with Crippen LogP contribution in [0.25, 0.3) is 0 Å². The molecule has 74 valence electrons. The number of rotatable bonds is 3. The van der Waals surface area contributed by atoms with Crippen molar-refractivity contribution >= 4 is 0 Å². The standard InChI is InChI=1S/C10H17NO2/c11-9(10-4-2-6-13-10)7-8-3-1-5-12-8/h4,8-9H,1-3,5-7,11H2. The molecule has 0 radical (unpaired) electrons. The first-order valence-corrected chi connectivity index (χ1v) is 5.06. The van der Waals surface area contributed by atoms with Crippen molar-refractivity contribution in [3.8, 4) is 0 Å². The van der Waals surface area contributed by atoms with Crippen LogP contribution >= 0.6 is 0 Å². The molecule has 2 rings (SSSR count). The molecule has 0 amide bonds. The molecule has 0 saturated carbocycles. The van der Waals surface area contributed by atoms with Gasteiger partial charge in [-0.3, -0.25) is 0 Å². The summed E-state index contributed by atoms with van der Waals surface area (Å²) in [5.74, 6) is 0.968. The lowest BCUT2D eigenvalue weighted by Gasteiger charge is -2.16. The Bertz CT molecular complexity index is 197. The van der Waals surface area contributed by atoms with Gasteiger partial charge in [0.2, 0.25) is 0 Å². The molecule has 13 heavy (non-hydrogen) atoms. The second-order valence-corrected chi connectivity index (χ2v) is 3.72. The van der Waals surface area contributed by atoms with E-state index >= 15 is 0 Å². The second kappa shape index (κ2) is 4.11. The van der Waals surface area contributed by atoms with Gasteiger partial charge in [0.25, 0.3) is 0 Å². The normalized spacial score (nSPS) is 29.9. The Morgan fingerprint density at radius 2 is 2.46 bits per heavy atom. The molecule has 0 aromatic heterocycles. The highest BCUT2D eigenvalue weighted by Gasteiger charge is 2.22. The van der Waals surface area contributed by atoms with Crippen LogP contribution in [0.4, 0.5) is 0 Å². The molecule has 2 aliphatic rings. The Kier molecular flexibility index (Phi) is 2.86. The van der Waals surface area contributed by atoms with Crippen molar-refractivity contribution in [1.82, 2.24) is 0 Å².